The lowest BCUT2D eigenvalue weighted by molar-refractivity contribution is 0.213. The summed E-state index contributed by atoms with van der Waals surface area (Å²) in [7, 11) is 0. The van der Waals surface area contributed by atoms with Crippen LogP contribution in [-0.2, 0) is 10.8 Å². The van der Waals surface area contributed by atoms with E-state index in [-0.39, 0.29) is 17.3 Å². The van der Waals surface area contributed by atoms with E-state index in [1.165, 1.54) is 27.8 Å². The number of nitrogens with zero attached hydrogens (tertiary/aromatic N) is 2. The van der Waals surface area contributed by atoms with Gasteiger partial charge in [-0.05, 0) is 33.9 Å². The van der Waals surface area contributed by atoms with Crippen LogP contribution in [0.5, 0.6) is 0 Å². The molecule has 2 unspecified atom stereocenters. The van der Waals surface area contributed by atoms with Crippen LogP contribution in [0, 0.1) is 11.8 Å². The summed E-state index contributed by atoms with van der Waals surface area (Å²) in [5, 5.41) is 2.04. The van der Waals surface area contributed by atoms with Crippen LogP contribution < -0.4 is 0 Å². The van der Waals surface area contributed by atoms with Crippen molar-refractivity contribution in [3.05, 3.63) is 191 Å². The monoisotopic (exact) mass is 576 g/mol. The third kappa shape index (κ3) is 3.00. The van der Waals surface area contributed by atoms with Gasteiger partial charge in [0.15, 0.2) is 5.82 Å². The lowest BCUT2D eigenvalue weighted by atomic mass is 9.38. The quantitative estimate of drug-likeness (QED) is 0.210. The molecule has 2 bridgehead atoms. The van der Waals surface area contributed by atoms with Crippen molar-refractivity contribution in [1.82, 2.24) is 9.97 Å². The predicted octanol–water partition coefficient (Wildman–Crippen LogP) is 9.40. The molecule has 0 radical (unpaired) electrons. The molecule has 3 heteroatoms. The first kappa shape index (κ1) is 24.9. The zero-order valence-corrected chi connectivity index (χ0v) is 24.5. The normalized spacial score (nSPS) is 24.0. The van der Waals surface area contributed by atoms with Gasteiger partial charge in [-0.2, -0.15) is 4.98 Å². The second kappa shape index (κ2) is 8.99. The molecule has 2 atom stereocenters. The minimum Gasteiger partial charge on any atom is -0.438 e. The lowest BCUT2D eigenvalue weighted by Crippen LogP contribution is -2.60. The molecule has 5 aromatic carbocycles. The van der Waals surface area contributed by atoms with E-state index in [1.54, 1.807) is 0 Å². The number of benzene rings is 5. The Hall–Kier alpha value is -5.54. The molecule has 0 spiro atoms. The molecule has 2 heterocycles. The molecule has 0 amide bonds. The summed E-state index contributed by atoms with van der Waals surface area (Å²) in [5.41, 5.74) is 9.10. The Labute approximate surface area is 261 Å². The number of allylic oxidation sites excluding steroid dienone is 4. The molecule has 4 aliphatic rings. The van der Waals surface area contributed by atoms with Gasteiger partial charge < -0.3 is 4.42 Å². The topological polar surface area (TPSA) is 38.9 Å². The molecule has 11 rings (SSSR count). The Balaban J connectivity index is 1.44. The molecule has 0 N–H and O–H groups in total. The molecule has 0 aliphatic heterocycles. The molecule has 0 saturated heterocycles. The van der Waals surface area contributed by atoms with Gasteiger partial charge in [0.2, 0.25) is 5.71 Å². The van der Waals surface area contributed by atoms with Gasteiger partial charge in [-0.15, -0.1) is 0 Å². The van der Waals surface area contributed by atoms with Crippen LogP contribution in [0.25, 0.3) is 33.5 Å². The second-order valence-electron chi connectivity index (χ2n) is 12.4. The van der Waals surface area contributed by atoms with Crippen molar-refractivity contribution >= 4 is 22.1 Å². The van der Waals surface area contributed by atoms with Gasteiger partial charge in [0.05, 0.1) is 21.9 Å². The number of fused-ring (bicyclic) bond motifs is 3. The molecular formula is C42H28N2O. The number of furan rings is 1. The first-order chi connectivity index (χ1) is 22.3. The van der Waals surface area contributed by atoms with E-state index in [0.717, 1.165) is 27.6 Å². The van der Waals surface area contributed by atoms with Crippen molar-refractivity contribution in [2.75, 3.05) is 0 Å². The Morgan fingerprint density at radius 3 is 1.71 bits per heavy atom. The summed E-state index contributed by atoms with van der Waals surface area (Å²) in [6.45, 7) is 0. The average molecular weight is 577 g/mol. The Bertz CT molecular complexity index is 2300. The number of hydrogen-bond acceptors (Lipinski definition) is 3. The minimum atomic E-state index is -0.590. The maximum Gasteiger partial charge on any atom is 0.231 e. The highest BCUT2D eigenvalue weighted by Gasteiger charge is 2.66. The maximum atomic E-state index is 6.57. The zero-order chi connectivity index (χ0) is 29.6. The van der Waals surface area contributed by atoms with Crippen LogP contribution in [-0.4, -0.2) is 9.97 Å². The summed E-state index contributed by atoms with van der Waals surface area (Å²) in [4.78, 5) is 10.7. The molecular weight excluding hydrogens is 548 g/mol. The van der Waals surface area contributed by atoms with E-state index < -0.39 is 5.41 Å². The van der Waals surface area contributed by atoms with Crippen LogP contribution in [0.2, 0.25) is 0 Å². The average Bonchev–Trinajstić information content (AvgIpc) is 3.50. The van der Waals surface area contributed by atoms with Gasteiger partial charge in [0.1, 0.15) is 5.58 Å². The highest BCUT2D eigenvalue weighted by atomic mass is 16.3. The van der Waals surface area contributed by atoms with Crippen LogP contribution in [0.4, 0.5) is 0 Å². The second-order valence-corrected chi connectivity index (χ2v) is 12.4. The highest BCUT2D eigenvalue weighted by molar-refractivity contribution is 6.06. The van der Waals surface area contributed by atoms with E-state index in [2.05, 4.69) is 127 Å². The molecule has 4 aliphatic carbocycles. The van der Waals surface area contributed by atoms with Crippen LogP contribution in [0.1, 0.15) is 33.5 Å². The van der Waals surface area contributed by atoms with Crippen LogP contribution in [0.15, 0.2) is 162 Å². The van der Waals surface area contributed by atoms with E-state index >= 15 is 0 Å². The molecule has 0 fully saturated rings. The largest absolute Gasteiger partial charge is 0.438 e. The zero-order valence-electron chi connectivity index (χ0n) is 24.5. The van der Waals surface area contributed by atoms with Gasteiger partial charge in [-0.25, -0.2) is 4.98 Å². The van der Waals surface area contributed by atoms with Gasteiger partial charge in [-0.1, -0.05) is 152 Å². The van der Waals surface area contributed by atoms with Crippen molar-refractivity contribution in [1.29, 1.82) is 0 Å². The summed E-state index contributed by atoms with van der Waals surface area (Å²) in [6.07, 6.45) is 9.36. The van der Waals surface area contributed by atoms with E-state index in [4.69, 9.17) is 14.4 Å². The molecule has 7 aromatic rings. The van der Waals surface area contributed by atoms with E-state index in [1.807, 2.05) is 30.3 Å². The number of para-hydroxylation sites is 1. The lowest BCUT2D eigenvalue weighted by Gasteiger charge is -2.63. The van der Waals surface area contributed by atoms with Gasteiger partial charge >= 0.3 is 0 Å². The molecule has 3 nitrogen and oxygen atoms in total. The minimum absolute atomic E-state index is 0.0999. The standard InChI is InChI=1S/C42H28N2O/c1-3-15-27(16-4-1)39-43-38(37-29-19-7-14-26-36(29)45-40(37)44-39)42-33-23-11-8-20-30(33)41(28-17-5-2-6-18-28,31-21-9-12-24-34(31)42)32-22-10-13-25-35(32)42/h1-26,30,33H. The number of hydrogen-bond donors (Lipinski definition) is 0. The summed E-state index contributed by atoms with van der Waals surface area (Å²) in [5.74, 6) is 0.944. The first-order valence-electron chi connectivity index (χ1n) is 15.7. The fourth-order valence-electron chi connectivity index (χ4n) is 9.03. The predicted molar refractivity (Wildman–Crippen MR) is 179 cm³/mol. The molecule has 2 aromatic heterocycles. The first-order valence-corrected chi connectivity index (χ1v) is 15.7. The SMILES string of the molecule is C1=CC2C(C=C1)C1(c3nc(-c4ccccc4)nc4oc5ccccc5c34)c3ccccc3C2(c2ccccc2)c2ccccc21. The highest BCUT2D eigenvalue weighted by Crippen LogP contribution is 2.69. The fourth-order valence-corrected chi connectivity index (χ4v) is 9.03. The smallest absolute Gasteiger partial charge is 0.231 e. The van der Waals surface area contributed by atoms with Crippen LogP contribution >= 0.6 is 0 Å². The molecule has 0 saturated carbocycles. The molecule has 212 valence electrons. The Morgan fingerprint density at radius 2 is 1.04 bits per heavy atom. The van der Waals surface area contributed by atoms with Crippen molar-refractivity contribution in [3.63, 3.8) is 0 Å². The number of rotatable bonds is 3. The summed E-state index contributed by atoms with van der Waals surface area (Å²) >= 11 is 0. The van der Waals surface area contributed by atoms with Crippen molar-refractivity contribution in [3.8, 4) is 11.4 Å². The van der Waals surface area contributed by atoms with E-state index in [0.29, 0.717) is 11.5 Å². The molecule has 45 heavy (non-hydrogen) atoms. The van der Waals surface area contributed by atoms with Crippen molar-refractivity contribution in [2.45, 2.75) is 10.8 Å². The third-order valence-electron chi connectivity index (χ3n) is 10.6. The van der Waals surface area contributed by atoms with Gasteiger partial charge in [0, 0.05) is 22.8 Å². The van der Waals surface area contributed by atoms with Crippen molar-refractivity contribution < 1.29 is 4.42 Å². The van der Waals surface area contributed by atoms with E-state index in [9.17, 15) is 0 Å². The Morgan fingerprint density at radius 1 is 0.511 bits per heavy atom. The summed E-state index contributed by atoms with van der Waals surface area (Å²) < 4.78 is 6.57. The third-order valence-corrected chi connectivity index (χ3v) is 10.6. The van der Waals surface area contributed by atoms with Crippen LogP contribution in [0.3, 0.4) is 0 Å². The Kier molecular flexibility index (Phi) is 4.97. The fraction of sp³-hybridized carbons (Fsp3) is 0.0952. The summed E-state index contributed by atoms with van der Waals surface area (Å²) in [6, 6.07) is 47.9. The van der Waals surface area contributed by atoms with Gasteiger partial charge in [0.25, 0.3) is 0 Å². The number of aromatic nitrogens is 2. The van der Waals surface area contributed by atoms with Gasteiger partial charge in [-0.3, -0.25) is 0 Å². The maximum absolute atomic E-state index is 6.57. The van der Waals surface area contributed by atoms with Crippen molar-refractivity contribution in [2.24, 2.45) is 11.8 Å².